The first kappa shape index (κ1) is 17.7. The van der Waals surface area contributed by atoms with Crippen LogP contribution in [0, 0.1) is 0 Å². The summed E-state index contributed by atoms with van der Waals surface area (Å²) in [6.45, 7) is 2.03. The lowest BCUT2D eigenvalue weighted by molar-refractivity contribution is -0.120. The SMILES string of the molecule is CCCc1nnc(-c2ccc(OCC(=O)N(C)c3ccccc3)cc2)o1. The average molecular weight is 351 g/mol. The van der Waals surface area contributed by atoms with Crippen LogP contribution >= 0.6 is 0 Å². The summed E-state index contributed by atoms with van der Waals surface area (Å²) in [5.74, 6) is 1.61. The molecule has 0 aliphatic heterocycles. The molecular weight excluding hydrogens is 330 g/mol. The summed E-state index contributed by atoms with van der Waals surface area (Å²) < 4.78 is 11.2. The second-order valence-electron chi connectivity index (χ2n) is 5.85. The number of anilines is 1. The predicted octanol–water partition coefficient (Wildman–Crippen LogP) is 3.73. The van der Waals surface area contributed by atoms with Crippen molar-refractivity contribution in [2.24, 2.45) is 0 Å². The molecule has 6 nitrogen and oxygen atoms in total. The number of nitrogens with zero attached hydrogens (tertiary/aromatic N) is 3. The van der Waals surface area contributed by atoms with E-state index in [2.05, 4.69) is 17.1 Å². The first-order valence-corrected chi connectivity index (χ1v) is 8.54. The molecule has 0 bridgehead atoms. The van der Waals surface area contributed by atoms with Crippen molar-refractivity contribution in [2.45, 2.75) is 19.8 Å². The zero-order valence-electron chi connectivity index (χ0n) is 14.9. The molecule has 26 heavy (non-hydrogen) atoms. The predicted molar refractivity (Wildman–Crippen MR) is 99.1 cm³/mol. The minimum absolute atomic E-state index is 0.0358. The Morgan fingerprint density at radius 3 is 2.50 bits per heavy atom. The molecule has 0 saturated heterocycles. The van der Waals surface area contributed by atoms with E-state index in [9.17, 15) is 4.79 Å². The summed E-state index contributed by atoms with van der Waals surface area (Å²) in [4.78, 5) is 13.8. The lowest BCUT2D eigenvalue weighted by Crippen LogP contribution is -2.31. The Hall–Kier alpha value is -3.15. The summed E-state index contributed by atoms with van der Waals surface area (Å²) in [5, 5.41) is 8.06. The molecule has 0 unspecified atom stereocenters. The second-order valence-corrected chi connectivity index (χ2v) is 5.85. The van der Waals surface area contributed by atoms with E-state index in [0.29, 0.717) is 17.5 Å². The molecule has 0 spiro atoms. The molecule has 0 aliphatic rings. The number of hydrogen-bond donors (Lipinski definition) is 0. The average Bonchev–Trinajstić information content (AvgIpc) is 3.15. The first-order valence-electron chi connectivity index (χ1n) is 8.54. The third kappa shape index (κ3) is 4.27. The van der Waals surface area contributed by atoms with Crippen molar-refractivity contribution in [2.75, 3.05) is 18.6 Å². The van der Waals surface area contributed by atoms with E-state index in [0.717, 1.165) is 24.1 Å². The fourth-order valence-corrected chi connectivity index (χ4v) is 2.42. The van der Waals surface area contributed by atoms with E-state index in [1.807, 2.05) is 42.5 Å². The Kier molecular flexibility index (Phi) is 5.63. The van der Waals surface area contributed by atoms with E-state index in [1.54, 1.807) is 24.1 Å². The van der Waals surface area contributed by atoms with Crippen LogP contribution in [-0.2, 0) is 11.2 Å². The normalized spacial score (nSPS) is 10.5. The van der Waals surface area contributed by atoms with Crippen LogP contribution in [0.15, 0.2) is 59.0 Å². The van der Waals surface area contributed by atoms with Crippen molar-refractivity contribution in [3.63, 3.8) is 0 Å². The van der Waals surface area contributed by atoms with Gasteiger partial charge in [-0.05, 0) is 42.8 Å². The van der Waals surface area contributed by atoms with Gasteiger partial charge in [-0.1, -0.05) is 25.1 Å². The molecule has 1 amide bonds. The highest BCUT2D eigenvalue weighted by Crippen LogP contribution is 2.22. The Morgan fingerprint density at radius 2 is 1.81 bits per heavy atom. The first-order chi connectivity index (χ1) is 12.7. The third-order valence-corrected chi connectivity index (χ3v) is 3.91. The molecule has 1 heterocycles. The maximum Gasteiger partial charge on any atom is 0.264 e. The molecule has 2 aromatic carbocycles. The number of benzene rings is 2. The number of carbonyl (C=O) groups excluding carboxylic acids is 1. The zero-order valence-corrected chi connectivity index (χ0v) is 14.9. The van der Waals surface area contributed by atoms with Gasteiger partial charge in [-0.15, -0.1) is 10.2 Å². The van der Waals surface area contributed by atoms with Crippen LogP contribution in [0.1, 0.15) is 19.2 Å². The molecule has 0 fully saturated rings. The maximum absolute atomic E-state index is 12.2. The fourth-order valence-electron chi connectivity index (χ4n) is 2.42. The van der Waals surface area contributed by atoms with Gasteiger partial charge in [0.1, 0.15) is 5.75 Å². The van der Waals surface area contributed by atoms with Gasteiger partial charge >= 0.3 is 0 Å². The molecular formula is C20H21N3O3. The number of para-hydroxylation sites is 1. The summed E-state index contributed by atoms with van der Waals surface area (Å²) in [5.41, 5.74) is 1.65. The minimum atomic E-state index is -0.124. The molecule has 6 heteroatoms. The zero-order chi connectivity index (χ0) is 18.4. The monoisotopic (exact) mass is 351 g/mol. The van der Waals surface area contributed by atoms with Crippen molar-refractivity contribution in [1.82, 2.24) is 10.2 Å². The number of likely N-dealkylation sites (N-methyl/N-ethyl adjacent to an activating group) is 1. The van der Waals surface area contributed by atoms with Gasteiger partial charge in [0.15, 0.2) is 6.61 Å². The molecule has 1 aromatic heterocycles. The molecule has 0 N–H and O–H groups in total. The van der Waals surface area contributed by atoms with Gasteiger partial charge in [0.05, 0.1) is 0 Å². The second kappa shape index (κ2) is 8.29. The van der Waals surface area contributed by atoms with Gasteiger partial charge in [-0.2, -0.15) is 0 Å². The minimum Gasteiger partial charge on any atom is -0.484 e. The van der Waals surface area contributed by atoms with Crippen LogP contribution in [0.2, 0.25) is 0 Å². The van der Waals surface area contributed by atoms with Gasteiger partial charge in [-0.25, -0.2) is 0 Å². The van der Waals surface area contributed by atoms with E-state index >= 15 is 0 Å². The largest absolute Gasteiger partial charge is 0.484 e. The smallest absolute Gasteiger partial charge is 0.264 e. The number of amides is 1. The van der Waals surface area contributed by atoms with Gasteiger partial charge in [0, 0.05) is 24.7 Å². The summed E-state index contributed by atoms with van der Waals surface area (Å²) >= 11 is 0. The fraction of sp³-hybridized carbons (Fsp3) is 0.250. The molecule has 0 aliphatic carbocycles. The van der Waals surface area contributed by atoms with Crippen LogP contribution in [0.25, 0.3) is 11.5 Å². The van der Waals surface area contributed by atoms with Gasteiger partial charge in [0.2, 0.25) is 11.8 Å². The van der Waals surface area contributed by atoms with Crippen LogP contribution in [0.4, 0.5) is 5.69 Å². The number of hydrogen-bond acceptors (Lipinski definition) is 5. The van der Waals surface area contributed by atoms with Crippen molar-refractivity contribution in [1.29, 1.82) is 0 Å². The Morgan fingerprint density at radius 1 is 1.08 bits per heavy atom. The lowest BCUT2D eigenvalue weighted by Gasteiger charge is -2.17. The molecule has 134 valence electrons. The highest BCUT2D eigenvalue weighted by Gasteiger charge is 2.12. The van der Waals surface area contributed by atoms with Gasteiger partial charge in [0.25, 0.3) is 5.91 Å². The van der Waals surface area contributed by atoms with E-state index in [1.165, 1.54) is 0 Å². The van der Waals surface area contributed by atoms with Crippen LogP contribution in [0.3, 0.4) is 0 Å². The van der Waals surface area contributed by atoms with Crippen molar-refractivity contribution < 1.29 is 13.9 Å². The maximum atomic E-state index is 12.2. The molecule has 0 radical (unpaired) electrons. The summed E-state index contributed by atoms with van der Waals surface area (Å²) in [6, 6.07) is 16.7. The number of carbonyl (C=O) groups is 1. The van der Waals surface area contributed by atoms with Crippen LogP contribution in [0.5, 0.6) is 5.75 Å². The Labute approximate surface area is 152 Å². The van der Waals surface area contributed by atoms with Crippen molar-refractivity contribution in [3.8, 4) is 17.2 Å². The van der Waals surface area contributed by atoms with Gasteiger partial charge < -0.3 is 14.1 Å². The Bertz CT molecular complexity index is 844. The van der Waals surface area contributed by atoms with Crippen molar-refractivity contribution >= 4 is 11.6 Å². The number of ether oxygens (including phenoxy) is 1. The summed E-state index contributed by atoms with van der Waals surface area (Å²) in [7, 11) is 1.73. The van der Waals surface area contributed by atoms with Crippen molar-refractivity contribution in [3.05, 3.63) is 60.5 Å². The highest BCUT2D eigenvalue weighted by atomic mass is 16.5. The van der Waals surface area contributed by atoms with E-state index < -0.39 is 0 Å². The topological polar surface area (TPSA) is 68.5 Å². The van der Waals surface area contributed by atoms with E-state index in [4.69, 9.17) is 9.15 Å². The number of rotatable bonds is 7. The molecule has 3 rings (SSSR count). The van der Waals surface area contributed by atoms with Gasteiger partial charge in [-0.3, -0.25) is 4.79 Å². The van der Waals surface area contributed by atoms with Crippen LogP contribution < -0.4 is 9.64 Å². The molecule has 0 saturated carbocycles. The lowest BCUT2D eigenvalue weighted by atomic mass is 10.2. The standard InChI is InChI=1S/C20H21N3O3/c1-3-7-18-21-22-20(26-18)15-10-12-17(13-11-15)25-14-19(24)23(2)16-8-5-4-6-9-16/h4-6,8-13H,3,7,14H2,1-2H3. The Balaban J connectivity index is 1.58. The van der Waals surface area contributed by atoms with Crippen LogP contribution in [-0.4, -0.2) is 29.8 Å². The van der Waals surface area contributed by atoms with E-state index in [-0.39, 0.29) is 12.5 Å². The third-order valence-electron chi connectivity index (χ3n) is 3.91. The number of aromatic nitrogens is 2. The molecule has 0 atom stereocenters. The highest BCUT2D eigenvalue weighted by molar-refractivity contribution is 5.93. The number of aryl methyl sites for hydroxylation is 1. The quantitative estimate of drug-likeness (QED) is 0.649. The summed E-state index contributed by atoms with van der Waals surface area (Å²) in [6.07, 6.45) is 1.73. The molecule has 3 aromatic rings.